The Kier molecular flexibility index (Phi) is 2.96. The van der Waals surface area contributed by atoms with Crippen LogP contribution in [0.2, 0.25) is 0 Å². The number of aryl methyl sites for hydroxylation is 1. The van der Waals surface area contributed by atoms with Crippen molar-refractivity contribution in [3.8, 4) is 5.75 Å². The highest BCUT2D eigenvalue weighted by Gasteiger charge is 1.92. The fourth-order valence-corrected chi connectivity index (χ4v) is 0.951. The normalized spacial score (nSPS) is 9.64. The number of rotatable bonds is 3. The lowest BCUT2D eigenvalue weighted by molar-refractivity contribution is 0.340. The molecule has 0 atom stereocenters. The van der Waals surface area contributed by atoms with Gasteiger partial charge in [0.2, 0.25) is 0 Å². The van der Waals surface area contributed by atoms with Gasteiger partial charge in [-0.1, -0.05) is 13.0 Å². The summed E-state index contributed by atoms with van der Waals surface area (Å²) in [6.07, 6.45) is 1.04. The predicted molar refractivity (Wildman–Crippen MR) is 45.8 cm³/mol. The van der Waals surface area contributed by atoms with Crippen LogP contribution < -0.4 is 4.74 Å². The molecule has 0 aromatic heterocycles. The fourth-order valence-electron chi connectivity index (χ4n) is 0.951. The van der Waals surface area contributed by atoms with Crippen LogP contribution in [-0.2, 0) is 6.42 Å². The van der Waals surface area contributed by atoms with Gasteiger partial charge in [-0.25, -0.2) is 0 Å². The Hall–Kier alpha value is -0.980. The zero-order valence-corrected chi connectivity index (χ0v) is 7.05. The molecule has 0 spiro atoms. The molecule has 0 fully saturated rings. The van der Waals surface area contributed by atoms with Gasteiger partial charge in [0.15, 0.2) is 0 Å². The second-order valence-electron chi connectivity index (χ2n) is 2.36. The minimum absolute atomic E-state index is 0.723. The summed E-state index contributed by atoms with van der Waals surface area (Å²) in [7, 11) is 0. The van der Waals surface area contributed by atoms with Crippen molar-refractivity contribution < 1.29 is 4.74 Å². The van der Waals surface area contributed by atoms with Crippen LogP contribution in [0.4, 0.5) is 0 Å². The third-order valence-corrected chi connectivity index (χ3v) is 1.54. The van der Waals surface area contributed by atoms with Crippen molar-refractivity contribution in [2.45, 2.75) is 20.3 Å². The lowest BCUT2D eigenvalue weighted by Gasteiger charge is -2.03. The van der Waals surface area contributed by atoms with Crippen molar-refractivity contribution in [1.82, 2.24) is 0 Å². The van der Waals surface area contributed by atoms with E-state index < -0.39 is 0 Å². The van der Waals surface area contributed by atoms with Gasteiger partial charge in [-0.05, 0) is 37.1 Å². The van der Waals surface area contributed by atoms with Gasteiger partial charge < -0.3 is 4.74 Å². The van der Waals surface area contributed by atoms with Crippen molar-refractivity contribution in [1.29, 1.82) is 0 Å². The first kappa shape index (κ1) is 8.12. The van der Waals surface area contributed by atoms with Gasteiger partial charge in [0, 0.05) is 0 Å². The molecule has 0 aliphatic heterocycles. The summed E-state index contributed by atoms with van der Waals surface area (Å²) >= 11 is 0. The smallest absolute Gasteiger partial charge is 0.120 e. The van der Waals surface area contributed by atoms with Crippen molar-refractivity contribution in [3.05, 3.63) is 29.8 Å². The molecule has 0 saturated heterocycles. The van der Waals surface area contributed by atoms with Gasteiger partial charge in [-0.2, -0.15) is 0 Å². The molecule has 1 rings (SSSR count). The summed E-state index contributed by atoms with van der Waals surface area (Å²) in [6, 6.07) is 8.95. The SMILES string of the molecule is CCOc1c[c]cc(CC)c1. The lowest BCUT2D eigenvalue weighted by atomic mass is 10.2. The Labute approximate surface area is 68.0 Å². The molecule has 1 heteroatoms. The van der Waals surface area contributed by atoms with E-state index in [4.69, 9.17) is 4.74 Å². The highest BCUT2D eigenvalue weighted by atomic mass is 16.5. The molecule has 1 aromatic rings. The number of hydrogen-bond donors (Lipinski definition) is 0. The summed E-state index contributed by atoms with van der Waals surface area (Å²) in [6.45, 7) is 4.83. The van der Waals surface area contributed by atoms with Crippen molar-refractivity contribution >= 4 is 0 Å². The topological polar surface area (TPSA) is 9.23 Å². The van der Waals surface area contributed by atoms with Gasteiger partial charge in [0.05, 0.1) is 6.61 Å². The Morgan fingerprint density at radius 2 is 2.18 bits per heavy atom. The third kappa shape index (κ3) is 2.26. The van der Waals surface area contributed by atoms with E-state index in [0.29, 0.717) is 0 Å². The second kappa shape index (κ2) is 4.02. The van der Waals surface area contributed by atoms with E-state index in [2.05, 4.69) is 19.1 Å². The average molecular weight is 149 g/mol. The standard InChI is InChI=1S/C10H13O/c1-3-9-6-5-7-10(8-9)11-4-2/h6-8H,3-4H2,1-2H3. The van der Waals surface area contributed by atoms with Crippen LogP contribution in [0.1, 0.15) is 19.4 Å². The summed E-state index contributed by atoms with van der Waals surface area (Å²) in [4.78, 5) is 0. The van der Waals surface area contributed by atoms with E-state index >= 15 is 0 Å². The summed E-state index contributed by atoms with van der Waals surface area (Å²) in [5.74, 6) is 0.923. The van der Waals surface area contributed by atoms with Crippen LogP contribution in [0.15, 0.2) is 18.2 Å². The fraction of sp³-hybridized carbons (Fsp3) is 0.400. The van der Waals surface area contributed by atoms with E-state index in [1.807, 2.05) is 19.1 Å². The van der Waals surface area contributed by atoms with Crippen molar-refractivity contribution in [3.63, 3.8) is 0 Å². The molecule has 0 unspecified atom stereocenters. The average Bonchev–Trinajstić information content (AvgIpc) is 2.06. The molecule has 11 heavy (non-hydrogen) atoms. The molecule has 0 saturated carbocycles. The van der Waals surface area contributed by atoms with E-state index in [0.717, 1.165) is 18.8 Å². The number of hydrogen-bond acceptors (Lipinski definition) is 1. The van der Waals surface area contributed by atoms with Gasteiger partial charge in [-0.3, -0.25) is 0 Å². The molecule has 0 amide bonds. The second-order valence-corrected chi connectivity index (χ2v) is 2.36. The molecule has 0 aliphatic rings. The van der Waals surface area contributed by atoms with Crippen LogP contribution in [0, 0.1) is 6.07 Å². The van der Waals surface area contributed by atoms with Crippen molar-refractivity contribution in [2.24, 2.45) is 0 Å². The first-order valence-corrected chi connectivity index (χ1v) is 3.99. The maximum Gasteiger partial charge on any atom is 0.120 e. The highest BCUT2D eigenvalue weighted by molar-refractivity contribution is 5.27. The van der Waals surface area contributed by atoms with Crippen LogP contribution in [0.25, 0.3) is 0 Å². The number of ether oxygens (including phenoxy) is 1. The van der Waals surface area contributed by atoms with Gasteiger partial charge in [0.25, 0.3) is 0 Å². The Bertz CT molecular complexity index is 218. The molecule has 0 N–H and O–H groups in total. The lowest BCUT2D eigenvalue weighted by Crippen LogP contribution is -1.91. The van der Waals surface area contributed by atoms with Gasteiger partial charge >= 0.3 is 0 Å². The van der Waals surface area contributed by atoms with Crippen LogP contribution in [0.3, 0.4) is 0 Å². The van der Waals surface area contributed by atoms with Crippen LogP contribution >= 0.6 is 0 Å². The predicted octanol–water partition coefficient (Wildman–Crippen LogP) is 2.45. The number of benzene rings is 1. The summed E-state index contributed by atoms with van der Waals surface area (Å²) < 4.78 is 5.32. The van der Waals surface area contributed by atoms with Crippen molar-refractivity contribution in [2.75, 3.05) is 6.61 Å². The molecule has 59 valence electrons. The van der Waals surface area contributed by atoms with Crippen LogP contribution in [-0.4, -0.2) is 6.61 Å². The Morgan fingerprint density at radius 1 is 1.36 bits per heavy atom. The Balaban J connectivity index is 2.74. The van der Waals surface area contributed by atoms with Crippen LogP contribution in [0.5, 0.6) is 5.75 Å². The third-order valence-electron chi connectivity index (χ3n) is 1.54. The molecule has 0 bridgehead atoms. The molecule has 1 aromatic carbocycles. The van der Waals surface area contributed by atoms with Gasteiger partial charge in [-0.15, -0.1) is 0 Å². The zero-order chi connectivity index (χ0) is 8.10. The molecular weight excluding hydrogens is 136 g/mol. The largest absolute Gasteiger partial charge is 0.494 e. The quantitative estimate of drug-likeness (QED) is 0.641. The minimum Gasteiger partial charge on any atom is -0.494 e. The first-order chi connectivity index (χ1) is 5.36. The first-order valence-electron chi connectivity index (χ1n) is 3.99. The van der Waals surface area contributed by atoms with Gasteiger partial charge in [0.1, 0.15) is 5.75 Å². The van der Waals surface area contributed by atoms with E-state index in [-0.39, 0.29) is 0 Å². The zero-order valence-electron chi connectivity index (χ0n) is 7.05. The molecular formula is C10H13O. The van der Waals surface area contributed by atoms with E-state index in [1.54, 1.807) is 0 Å². The molecule has 1 radical (unpaired) electrons. The Morgan fingerprint density at radius 3 is 2.82 bits per heavy atom. The maximum absolute atomic E-state index is 5.32. The molecule has 0 aliphatic carbocycles. The summed E-state index contributed by atoms with van der Waals surface area (Å²) in [5.41, 5.74) is 1.27. The van der Waals surface area contributed by atoms with E-state index in [9.17, 15) is 0 Å². The summed E-state index contributed by atoms with van der Waals surface area (Å²) in [5, 5.41) is 0. The highest BCUT2D eigenvalue weighted by Crippen LogP contribution is 2.12. The molecule has 0 heterocycles. The monoisotopic (exact) mass is 149 g/mol. The maximum atomic E-state index is 5.32. The van der Waals surface area contributed by atoms with E-state index in [1.165, 1.54) is 5.56 Å². The minimum atomic E-state index is 0.723. The molecule has 1 nitrogen and oxygen atoms in total.